The van der Waals surface area contributed by atoms with Gasteiger partial charge in [-0.15, -0.1) is 0 Å². The first kappa shape index (κ1) is 17.0. The Morgan fingerprint density at radius 1 is 1.07 bits per heavy atom. The van der Waals surface area contributed by atoms with Gasteiger partial charge in [0.2, 0.25) is 5.89 Å². The van der Waals surface area contributed by atoms with Gasteiger partial charge in [-0.05, 0) is 31.2 Å². The van der Waals surface area contributed by atoms with Gasteiger partial charge in [0.15, 0.2) is 0 Å². The molecule has 1 aromatic heterocycles. The van der Waals surface area contributed by atoms with Crippen molar-refractivity contribution in [2.45, 2.75) is 13.5 Å². The van der Waals surface area contributed by atoms with Crippen LogP contribution in [-0.4, -0.2) is 22.4 Å². The van der Waals surface area contributed by atoms with Crippen molar-refractivity contribution in [3.05, 3.63) is 59.8 Å². The molecule has 27 heavy (non-hydrogen) atoms. The van der Waals surface area contributed by atoms with E-state index in [0.29, 0.717) is 0 Å². The first-order valence-corrected chi connectivity index (χ1v) is 8.13. The van der Waals surface area contributed by atoms with Crippen LogP contribution < -0.4 is 4.74 Å². The lowest BCUT2D eigenvalue weighted by molar-refractivity contribution is -0.0495. The lowest BCUT2D eigenvalue weighted by Gasteiger charge is -2.07. The SMILES string of the molecule is CC1=Nc2ccccc2/C1=C\c1nc(-c2ccccc2OC(F)F)oc1O. The predicted octanol–water partition coefficient (Wildman–Crippen LogP) is 5.30. The number of nitrogens with zero attached hydrogens (tertiary/aromatic N) is 2. The number of para-hydroxylation sites is 2. The zero-order chi connectivity index (χ0) is 19.0. The van der Waals surface area contributed by atoms with Gasteiger partial charge in [0.25, 0.3) is 0 Å². The number of fused-ring (bicyclic) bond motifs is 1. The second-order valence-corrected chi connectivity index (χ2v) is 5.86. The van der Waals surface area contributed by atoms with Gasteiger partial charge in [0.05, 0.1) is 11.3 Å². The summed E-state index contributed by atoms with van der Waals surface area (Å²) >= 11 is 0. The fraction of sp³-hybridized carbons (Fsp3) is 0.100. The minimum atomic E-state index is -2.98. The third-order valence-corrected chi connectivity index (χ3v) is 4.12. The Morgan fingerprint density at radius 3 is 2.56 bits per heavy atom. The van der Waals surface area contributed by atoms with Crippen LogP contribution in [0.25, 0.3) is 23.1 Å². The molecule has 7 heteroatoms. The molecule has 5 nitrogen and oxygen atoms in total. The van der Waals surface area contributed by atoms with E-state index in [9.17, 15) is 13.9 Å². The molecular formula is C20H14F2N2O3. The molecule has 1 N–H and O–H groups in total. The maximum atomic E-state index is 12.6. The fourth-order valence-electron chi connectivity index (χ4n) is 2.93. The molecule has 0 bridgehead atoms. The van der Waals surface area contributed by atoms with Crippen molar-refractivity contribution in [1.29, 1.82) is 0 Å². The number of hydrogen-bond donors (Lipinski definition) is 1. The van der Waals surface area contributed by atoms with Gasteiger partial charge in [-0.2, -0.15) is 8.78 Å². The number of alkyl halides is 2. The number of benzene rings is 2. The van der Waals surface area contributed by atoms with Crippen molar-refractivity contribution in [3.63, 3.8) is 0 Å². The van der Waals surface area contributed by atoms with Crippen LogP contribution in [0.3, 0.4) is 0 Å². The van der Waals surface area contributed by atoms with Crippen molar-refractivity contribution < 1.29 is 23.0 Å². The van der Waals surface area contributed by atoms with E-state index in [0.717, 1.165) is 22.5 Å². The average molecular weight is 368 g/mol. The summed E-state index contributed by atoms with van der Waals surface area (Å²) in [4.78, 5) is 8.72. The van der Waals surface area contributed by atoms with Crippen molar-refractivity contribution in [2.75, 3.05) is 0 Å². The van der Waals surface area contributed by atoms with Crippen LogP contribution in [0, 0.1) is 0 Å². The molecule has 0 radical (unpaired) electrons. The van der Waals surface area contributed by atoms with E-state index in [1.165, 1.54) is 12.1 Å². The summed E-state index contributed by atoms with van der Waals surface area (Å²) in [6.45, 7) is -1.12. The summed E-state index contributed by atoms with van der Waals surface area (Å²) in [7, 11) is 0. The van der Waals surface area contributed by atoms with E-state index >= 15 is 0 Å². The summed E-state index contributed by atoms with van der Waals surface area (Å²) in [5, 5.41) is 10.2. The maximum absolute atomic E-state index is 12.6. The Balaban J connectivity index is 1.75. The summed E-state index contributed by atoms with van der Waals surface area (Å²) in [5.74, 6) is -0.519. The molecule has 2 heterocycles. The Morgan fingerprint density at radius 2 is 1.78 bits per heavy atom. The summed E-state index contributed by atoms with van der Waals surface area (Å²) in [6, 6.07) is 13.7. The van der Waals surface area contributed by atoms with E-state index < -0.39 is 12.6 Å². The van der Waals surface area contributed by atoms with E-state index in [2.05, 4.69) is 14.7 Å². The van der Waals surface area contributed by atoms with Crippen molar-refractivity contribution in [3.8, 4) is 23.1 Å². The molecule has 136 valence electrons. The highest BCUT2D eigenvalue weighted by molar-refractivity contribution is 6.31. The number of hydrogen-bond acceptors (Lipinski definition) is 5. The number of aromatic hydroxyl groups is 1. The zero-order valence-corrected chi connectivity index (χ0v) is 14.2. The highest BCUT2D eigenvalue weighted by atomic mass is 19.3. The first-order valence-electron chi connectivity index (χ1n) is 8.13. The van der Waals surface area contributed by atoms with Crippen LogP contribution >= 0.6 is 0 Å². The van der Waals surface area contributed by atoms with E-state index in [1.54, 1.807) is 18.2 Å². The number of aromatic nitrogens is 1. The quantitative estimate of drug-likeness (QED) is 0.679. The van der Waals surface area contributed by atoms with Crippen molar-refractivity contribution in [2.24, 2.45) is 4.99 Å². The molecule has 4 rings (SSSR count). The topological polar surface area (TPSA) is 67.9 Å². The molecule has 0 aliphatic carbocycles. The molecule has 2 aromatic carbocycles. The summed E-state index contributed by atoms with van der Waals surface area (Å²) in [6.07, 6.45) is 1.66. The predicted molar refractivity (Wildman–Crippen MR) is 97.3 cm³/mol. The normalized spacial score (nSPS) is 14.5. The third-order valence-electron chi connectivity index (χ3n) is 4.12. The molecular weight excluding hydrogens is 354 g/mol. The molecule has 1 aliphatic heterocycles. The standard InChI is InChI=1S/C20H14F2N2O3/c1-11-14(12-6-2-4-8-15(12)23-11)10-16-19(25)27-18(24-16)13-7-3-5-9-17(13)26-20(21)22/h2-10,20,25H,1H3/b14-10-. The number of aliphatic imine (C=N–C) groups is 1. The molecule has 0 unspecified atom stereocenters. The van der Waals surface area contributed by atoms with Gasteiger partial charge >= 0.3 is 12.6 Å². The van der Waals surface area contributed by atoms with Crippen molar-refractivity contribution >= 4 is 23.0 Å². The largest absolute Gasteiger partial charge is 0.479 e. The maximum Gasteiger partial charge on any atom is 0.387 e. The molecule has 1 aliphatic rings. The second-order valence-electron chi connectivity index (χ2n) is 5.86. The van der Waals surface area contributed by atoms with Crippen LogP contribution in [0.2, 0.25) is 0 Å². The Hall–Kier alpha value is -3.48. The van der Waals surface area contributed by atoms with Gasteiger partial charge in [0.1, 0.15) is 11.4 Å². The minimum absolute atomic E-state index is 0.0172. The number of ether oxygens (including phenoxy) is 1. The van der Waals surface area contributed by atoms with Crippen LogP contribution in [0.15, 0.2) is 57.9 Å². The van der Waals surface area contributed by atoms with Gasteiger partial charge in [-0.25, -0.2) is 4.98 Å². The van der Waals surface area contributed by atoms with Crippen LogP contribution in [-0.2, 0) is 0 Å². The van der Waals surface area contributed by atoms with Gasteiger partial charge in [-0.3, -0.25) is 4.99 Å². The van der Waals surface area contributed by atoms with E-state index in [-0.39, 0.29) is 22.9 Å². The molecule has 0 atom stereocenters. The van der Waals surface area contributed by atoms with Crippen LogP contribution in [0.5, 0.6) is 11.7 Å². The lowest BCUT2D eigenvalue weighted by Crippen LogP contribution is -2.03. The zero-order valence-electron chi connectivity index (χ0n) is 14.2. The monoisotopic (exact) mass is 368 g/mol. The van der Waals surface area contributed by atoms with Crippen molar-refractivity contribution in [1.82, 2.24) is 4.98 Å². The van der Waals surface area contributed by atoms with Gasteiger partial charge in [0, 0.05) is 16.8 Å². The summed E-state index contributed by atoms with van der Waals surface area (Å²) < 4.78 is 35.0. The minimum Gasteiger partial charge on any atom is -0.479 e. The van der Waals surface area contributed by atoms with Gasteiger partial charge in [-0.1, -0.05) is 30.3 Å². The molecule has 0 amide bonds. The molecule has 0 saturated carbocycles. The fourth-order valence-corrected chi connectivity index (χ4v) is 2.93. The molecule has 0 fully saturated rings. The van der Waals surface area contributed by atoms with E-state index in [4.69, 9.17) is 4.42 Å². The number of oxazole rings is 1. The number of halogens is 2. The smallest absolute Gasteiger partial charge is 0.387 e. The molecule has 0 spiro atoms. The molecule has 3 aromatic rings. The Bertz CT molecular complexity index is 1070. The summed E-state index contributed by atoms with van der Waals surface area (Å²) in [5.41, 5.74) is 3.73. The van der Waals surface area contributed by atoms with E-state index in [1.807, 2.05) is 31.2 Å². The Kier molecular flexibility index (Phi) is 4.19. The highest BCUT2D eigenvalue weighted by Crippen LogP contribution is 2.38. The molecule has 0 saturated heterocycles. The number of allylic oxidation sites excluding steroid dienone is 1. The second kappa shape index (κ2) is 6.68. The number of rotatable bonds is 4. The lowest BCUT2D eigenvalue weighted by atomic mass is 10.0. The average Bonchev–Trinajstić information content (AvgIpc) is 3.15. The first-order chi connectivity index (χ1) is 13.0. The highest BCUT2D eigenvalue weighted by Gasteiger charge is 2.21. The van der Waals surface area contributed by atoms with Crippen LogP contribution in [0.4, 0.5) is 14.5 Å². The van der Waals surface area contributed by atoms with Crippen LogP contribution in [0.1, 0.15) is 18.2 Å². The third kappa shape index (κ3) is 3.19. The van der Waals surface area contributed by atoms with Gasteiger partial charge < -0.3 is 14.3 Å². The Labute approximate surface area is 153 Å².